The molecule has 0 fully saturated rings. The van der Waals surface area contributed by atoms with E-state index in [0.717, 1.165) is 11.1 Å². The number of hydrogen-bond donors (Lipinski definition) is 0. The molecule has 2 nitrogen and oxygen atoms in total. The Morgan fingerprint density at radius 2 is 1.88 bits per heavy atom. The first-order chi connectivity index (χ1) is 7.14. The zero-order valence-corrected chi connectivity index (χ0v) is 18.0. The van der Waals surface area contributed by atoms with E-state index in [9.17, 15) is 4.79 Å². The third kappa shape index (κ3) is 5.06. The number of ketones is 1. The first-order valence-electron chi connectivity index (χ1n) is 4.64. The molecule has 0 radical (unpaired) electrons. The van der Waals surface area contributed by atoms with Crippen LogP contribution in [0.5, 0.6) is 0 Å². The van der Waals surface area contributed by atoms with E-state index in [2.05, 4.69) is 19.6 Å². The number of rotatable bonds is 1. The minimum atomic E-state index is -0.962. The summed E-state index contributed by atoms with van der Waals surface area (Å²) in [6, 6.07) is 7.70. The fourth-order valence-electron chi connectivity index (χ4n) is 1.61. The average Bonchev–Trinajstić information content (AvgIpc) is 2.62. The van der Waals surface area contributed by atoms with Gasteiger partial charge in [0.1, 0.15) is 5.78 Å². The fourth-order valence-corrected chi connectivity index (χ4v) is 1.61. The van der Waals surface area contributed by atoms with Crippen LogP contribution in [0.1, 0.15) is 18.1 Å². The molecule has 1 heterocycles. The predicted octanol–water partition coefficient (Wildman–Crippen LogP) is -3.99. The molecule has 0 unspecified atom stereocenters. The Labute approximate surface area is 194 Å². The minimum absolute atomic E-state index is 0. The molecule has 0 saturated heterocycles. The van der Waals surface area contributed by atoms with Gasteiger partial charge in [0.05, 0.1) is 6.61 Å². The van der Waals surface area contributed by atoms with Gasteiger partial charge in [-0.2, -0.15) is 6.26 Å². The Hall–Kier alpha value is 2.47. The number of carbonyl (C=O) groups excluding carboxylic acids is 1. The van der Waals surface area contributed by atoms with Crippen LogP contribution in [0.25, 0.3) is 0 Å². The molecule has 17 heavy (non-hydrogen) atoms. The summed E-state index contributed by atoms with van der Waals surface area (Å²) in [7, 11) is 0. The second kappa shape index (κ2) is 10.2. The first-order valence-corrected chi connectivity index (χ1v) is 5.46. The molecule has 0 spiro atoms. The largest absolute Gasteiger partial charge is 1.00 e. The second-order valence-corrected chi connectivity index (χ2v) is 3.33. The predicted molar refractivity (Wildman–Crippen MR) is 62.2 cm³/mol. The van der Waals surface area contributed by atoms with Crippen molar-refractivity contribution in [3.8, 4) is 0 Å². The first kappa shape index (κ1) is 21.8. The molecule has 1 aromatic rings. The third-order valence-corrected chi connectivity index (χ3v) is 2.50. The molecule has 1 atom stereocenters. The van der Waals surface area contributed by atoms with Crippen LogP contribution in [-0.4, -0.2) is 12.0 Å². The van der Waals surface area contributed by atoms with Gasteiger partial charge in [0.2, 0.25) is 0 Å². The molecule has 0 amide bonds. The zero-order chi connectivity index (χ0) is 11.5. The van der Waals surface area contributed by atoms with E-state index in [1.165, 1.54) is 6.92 Å². The van der Waals surface area contributed by atoms with Crippen molar-refractivity contribution < 1.29 is 112 Å². The molecule has 0 saturated carbocycles. The van der Waals surface area contributed by atoms with E-state index in [0.29, 0.717) is 6.61 Å². The summed E-state index contributed by atoms with van der Waals surface area (Å²) in [6.07, 6.45) is 1.58. The van der Waals surface area contributed by atoms with Crippen LogP contribution in [0.2, 0.25) is 0 Å². The average molecular weight is 301 g/mol. The standard InChI is InChI=1S/C11H11O2.CH4S.2K/c1-8(12)11(2)10-6-4-3-5-9(10)7-13-11;1-2;;/h3-6H,2,7H2,1H3;2H,1H3;;/q-1;;2*+1/p-1/t11-;;;/m1.../s1. The number of hydrogen-bond acceptors (Lipinski definition) is 3. The summed E-state index contributed by atoms with van der Waals surface area (Å²) >= 11 is 4.08. The molecule has 0 aromatic heterocycles. The summed E-state index contributed by atoms with van der Waals surface area (Å²) in [5.74, 6) is -0.0440. The van der Waals surface area contributed by atoms with Crippen molar-refractivity contribution in [1.29, 1.82) is 0 Å². The maximum Gasteiger partial charge on any atom is 1.00 e. The van der Waals surface area contributed by atoms with Crippen molar-refractivity contribution in [2.24, 2.45) is 0 Å². The van der Waals surface area contributed by atoms with Gasteiger partial charge in [-0.05, 0) is 18.1 Å². The van der Waals surface area contributed by atoms with E-state index >= 15 is 0 Å². The quantitative estimate of drug-likeness (QED) is 0.301. The summed E-state index contributed by atoms with van der Waals surface area (Å²) in [5.41, 5.74) is 1.01. The van der Waals surface area contributed by atoms with Gasteiger partial charge in [0, 0.05) is 5.60 Å². The molecular formula is C12H14K2O2S. The zero-order valence-electron chi connectivity index (χ0n) is 10.9. The summed E-state index contributed by atoms with van der Waals surface area (Å²) in [6.45, 7) is 5.83. The summed E-state index contributed by atoms with van der Waals surface area (Å²) in [5, 5.41) is 0. The Kier molecular flexibility index (Phi) is 13.1. The Balaban J connectivity index is 0. The Bertz CT molecular complexity index is 371. The molecule has 1 aliphatic heterocycles. The van der Waals surface area contributed by atoms with Crippen LogP contribution in [-0.2, 0) is 34.4 Å². The van der Waals surface area contributed by atoms with Crippen LogP contribution in [0.3, 0.4) is 0 Å². The number of ether oxygens (including phenoxy) is 1. The van der Waals surface area contributed by atoms with E-state index in [-0.39, 0.29) is 109 Å². The van der Waals surface area contributed by atoms with Crippen molar-refractivity contribution in [3.63, 3.8) is 0 Å². The maximum absolute atomic E-state index is 11.3. The van der Waals surface area contributed by atoms with Crippen molar-refractivity contribution in [2.75, 3.05) is 6.26 Å². The van der Waals surface area contributed by atoms with Crippen LogP contribution >= 0.6 is 0 Å². The summed E-state index contributed by atoms with van der Waals surface area (Å²) < 4.78 is 5.41. The monoisotopic (exact) mass is 300 g/mol. The van der Waals surface area contributed by atoms with Gasteiger partial charge in [0.25, 0.3) is 0 Å². The number of carbonyl (C=O) groups is 1. The molecule has 0 bridgehead atoms. The number of benzene rings is 1. The number of Topliss-reactive ketones (excluding diaryl/α,β-unsaturated/α-hetero) is 1. The smallest absolute Gasteiger partial charge is 0.796 e. The molecular weight excluding hydrogens is 286 g/mol. The normalized spacial score (nSPS) is 20.0. The second-order valence-electron chi connectivity index (χ2n) is 3.33. The van der Waals surface area contributed by atoms with Crippen LogP contribution in [0.4, 0.5) is 0 Å². The Morgan fingerprint density at radius 3 is 2.41 bits per heavy atom. The molecule has 5 heteroatoms. The minimum Gasteiger partial charge on any atom is -0.796 e. The van der Waals surface area contributed by atoms with Gasteiger partial charge in [-0.15, -0.1) is 0 Å². The topological polar surface area (TPSA) is 26.3 Å². The van der Waals surface area contributed by atoms with E-state index < -0.39 is 5.60 Å². The van der Waals surface area contributed by atoms with Gasteiger partial charge in [-0.1, -0.05) is 24.3 Å². The van der Waals surface area contributed by atoms with Gasteiger partial charge in [-0.3, -0.25) is 11.7 Å². The van der Waals surface area contributed by atoms with E-state index in [1.807, 2.05) is 24.3 Å². The SMILES string of the molecule is C[S-].[CH2-][C@]1(C(C)=O)OCc2ccccc21.[K+].[K+]. The van der Waals surface area contributed by atoms with E-state index in [1.54, 1.807) is 6.26 Å². The Morgan fingerprint density at radius 1 is 1.35 bits per heavy atom. The van der Waals surface area contributed by atoms with Crippen molar-refractivity contribution in [1.82, 2.24) is 0 Å². The fraction of sp³-hybridized carbons (Fsp3) is 0.333. The molecule has 82 valence electrons. The van der Waals surface area contributed by atoms with Gasteiger partial charge in [-0.25, -0.2) is 0 Å². The van der Waals surface area contributed by atoms with E-state index in [4.69, 9.17) is 4.74 Å². The molecule has 1 aliphatic rings. The van der Waals surface area contributed by atoms with Gasteiger partial charge < -0.3 is 17.4 Å². The molecule has 2 rings (SSSR count). The van der Waals surface area contributed by atoms with Crippen LogP contribution in [0, 0.1) is 6.92 Å². The molecule has 0 aliphatic carbocycles. The van der Waals surface area contributed by atoms with Crippen molar-refractivity contribution >= 4 is 18.4 Å². The molecule has 0 N–H and O–H groups in total. The van der Waals surface area contributed by atoms with Crippen LogP contribution in [0.15, 0.2) is 24.3 Å². The van der Waals surface area contributed by atoms with Crippen LogP contribution < -0.4 is 103 Å². The number of fused-ring (bicyclic) bond motifs is 1. The summed E-state index contributed by atoms with van der Waals surface area (Å²) in [4.78, 5) is 11.3. The van der Waals surface area contributed by atoms with Gasteiger partial charge in [0.15, 0.2) is 0 Å². The van der Waals surface area contributed by atoms with Crippen molar-refractivity contribution in [3.05, 3.63) is 42.3 Å². The van der Waals surface area contributed by atoms with Gasteiger partial charge >= 0.3 is 103 Å². The van der Waals surface area contributed by atoms with Crippen molar-refractivity contribution in [2.45, 2.75) is 19.1 Å². The maximum atomic E-state index is 11.3. The molecule has 1 aromatic carbocycles. The third-order valence-electron chi connectivity index (χ3n) is 2.50.